The predicted octanol–water partition coefficient (Wildman–Crippen LogP) is 4.03. The number of aryl methyl sites for hydroxylation is 1. The Labute approximate surface area is 111 Å². The van der Waals surface area contributed by atoms with Gasteiger partial charge in [-0.2, -0.15) is 0 Å². The molecule has 18 heavy (non-hydrogen) atoms. The van der Waals surface area contributed by atoms with Gasteiger partial charge < -0.3 is 5.73 Å². The maximum absolute atomic E-state index is 13.5. The molecule has 0 aromatic heterocycles. The van der Waals surface area contributed by atoms with Crippen LogP contribution in [0.3, 0.4) is 0 Å². The van der Waals surface area contributed by atoms with E-state index in [1.54, 1.807) is 13.0 Å². The summed E-state index contributed by atoms with van der Waals surface area (Å²) >= 11 is 5.82. The number of hydrogen-bond donors (Lipinski definition) is 1. The monoisotopic (exact) mass is 263 g/mol. The number of halogens is 2. The Morgan fingerprint density at radius 3 is 2.44 bits per heavy atom. The molecule has 0 saturated heterocycles. The zero-order chi connectivity index (χ0) is 13.1. The lowest BCUT2D eigenvalue weighted by Crippen LogP contribution is -2.13. The molecule has 0 aliphatic rings. The van der Waals surface area contributed by atoms with Gasteiger partial charge in [-0.1, -0.05) is 35.9 Å². The lowest BCUT2D eigenvalue weighted by Gasteiger charge is -2.13. The van der Waals surface area contributed by atoms with Crippen molar-refractivity contribution in [1.29, 1.82) is 0 Å². The summed E-state index contributed by atoms with van der Waals surface area (Å²) < 4.78 is 13.5. The van der Waals surface area contributed by atoms with Gasteiger partial charge in [0.25, 0.3) is 0 Å². The molecule has 1 unspecified atom stereocenters. The first-order chi connectivity index (χ1) is 8.56. The molecule has 0 heterocycles. The van der Waals surface area contributed by atoms with E-state index in [1.165, 1.54) is 6.07 Å². The molecule has 94 valence electrons. The van der Waals surface area contributed by atoms with Crippen molar-refractivity contribution >= 4 is 11.6 Å². The molecule has 3 heteroatoms. The fraction of sp³-hybridized carbons (Fsp3) is 0.200. The van der Waals surface area contributed by atoms with Crippen LogP contribution in [0.4, 0.5) is 4.39 Å². The lowest BCUT2D eigenvalue weighted by molar-refractivity contribution is 0.610. The molecule has 0 spiro atoms. The zero-order valence-corrected chi connectivity index (χ0v) is 10.9. The first-order valence-corrected chi connectivity index (χ1v) is 6.20. The van der Waals surface area contributed by atoms with E-state index in [0.717, 1.165) is 11.1 Å². The van der Waals surface area contributed by atoms with E-state index >= 15 is 0 Å². The van der Waals surface area contributed by atoms with Crippen LogP contribution < -0.4 is 5.73 Å². The van der Waals surface area contributed by atoms with Gasteiger partial charge in [0.15, 0.2) is 0 Å². The van der Waals surface area contributed by atoms with Crippen LogP contribution in [0.5, 0.6) is 0 Å². The Hall–Kier alpha value is -1.38. The summed E-state index contributed by atoms with van der Waals surface area (Å²) in [6.45, 7) is 1.74. The third-order valence-corrected chi connectivity index (χ3v) is 3.24. The van der Waals surface area contributed by atoms with Crippen molar-refractivity contribution in [3.63, 3.8) is 0 Å². The van der Waals surface area contributed by atoms with Crippen LogP contribution >= 0.6 is 11.6 Å². The average Bonchev–Trinajstić information content (AvgIpc) is 2.35. The third kappa shape index (κ3) is 3.09. The Bertz CT molecular complexity index is 537. The number of rotatable bonds is 3. The van der Waals surface area contributed by atoms with E-state index in [1.807, 2.05) is 30.3 Å². The summed E-state index contributed by atoms with van der Waals surface area (Å²) in [4.78, 5) is 0. The highest BCUT2D eigenvalue weighted by molar-refractivity contribution is 6.30. The summed E-state index contributed by atoms with van der Waals surface area (Å²) in [6, 6.07) is 12.5. The molecule has 2 aromatic rings. The maximum Gasteiger partial charge on any atom is 0.126 e. The maximum atomic E-state index is 13.5. The Balaban J connectivity index is 2.13. The predicted molar refractivity (Wildman–Crippen MR) is 73.2 cm³/mol. The average molecular weight is 264 g/mol. The highest BCUT2D eigenvalue weighted by Gasteiger charge is 2.09. The van der Waals surface area contributed by atoms with E-state index in [2.05, 4.69) is 0 Å². The molecule has 2 rings (SSSR count). The number of hydrogen-bond acceptors (Lipinski definition) is 1. The summed E-state index contributed by atoms with van der Waals surface area (Å²) in [7, 11) is 0. The van der Waals surface area contributed by atoms with Gasteiger partial charge in [0.2, 0.25) is 0 Å². The Morgan fingerprint density at radius 1 is 1.17 bits per heavy atom. The second kappa shape index (κ2) is 5.51. The van der Waals surface area contributed by atoms with E-state index < -0.39 is 0 Å². The second-order valence-electron chi connectivity index (χ2n) is 4.45. The Morgan fingerprint density at radius 2 is 1.83 bits per heavy atom. The van der Waals surface area contributed by atoms with Gasteiger partial charge in [-0.05, 0) is 48.2 Å². The minimum atomic E-state index is -0.209. The van der Waals surface area contributed by atoms with Crippen LogP contribution in [-0.4, -0.2) is 0 Å². The van der Waals surface area contributed by atoms with Gasteiger partial charge in [0.1, 0.15) is 5.82 Å². The van der Waals surface area contributed by atoms with E-state index in [-0.39, 0.29) is 11.9 Å². The smallest absolute Gasteiger partial charge is 0.126 e. The molecule has 0 amide bonds. The molecule has 0 aliphatic heterocycles. The lowest BCUT2D eigenvalue weighted by atomic mass is 9.99. The number of nitrogens with two attached hydrogens (primary N) is 1. The van der Waals surface area contributed by atoms with Crippen molar-refractivity contribution < 1.29 is 4.39 Å². The molecule has 1 nitrogen and oxygen atoms in total. The molecule has 1 atom stereocenters. The summed E-state index contributed by atoms with van der Waals surface area (Å²) in [6.07, 6.45) is 0.666. The van der Waals surface area contributed by atoms with Crippen molar-refractivity contribution in [2.75, 3.05) is 0 Å². The first kappa shape index (κ1) is 13.1. The van der Waals surface area contributed by atoms with Gasteiger partial charge in [-0.15, -0.1) is 0 Å². The van der Waals surface area contributed by atoms with Gasteiger partial charge >= 0.3 is 0 Å². The fourth-order valence-electron chi connectivity index (χ4n) is 1.83. The third-order valence-electron chi connectivity index (χ3n) is 2.99. The highest BCUT2D eigenvalue weighted by atomic mass is 35.5. The van der Waals surface area contributed by atoms with Crippen LogP contribution in [0, 0.1) is 12.7 Å². The normalized spacial score (nSPS) is 12.4. The molecule has 0 bridgehead atoms. The summed E-state index contributed by atoms with van der Waals surface area (Å²) in [5, 5.41) is 0.703. The van der Waals surface area contributed by atoms with Gasteiger partial charge in [-0.25, -0.2) is 4.39 Å². The van der Waals surface area contributed by atoms with Crippen molar-refractivity contribution in [3.8, 4) is 0 Å². The minimum absolute atomic E-state index is 0.207. The van der Waals surface area contributed by atoms with E-state index in [0.29, 0.717) is 17.0 Å². The Kier molecular flexibility index (Phi) is 4.00. The van der Waals surface area contributed by atoms with Crippen molar-refractivity contribution in [3.05, 3.63) is 70.0 Å². The van der Waals surface area contributed by atoms with Gasteiger partial charge in [-0.3, -0.25) is 0 Å². The molecular weight excluding hydrogens is 249 g/mol. The van der Waals surface area contributed by atoms with Crippen molar-refractivity contribution in [1.82, 2.24) is 0 Å². The van der Waals surface area contributed by atoms with Crippen molar-refractivity contribution in [2.24, 2.45) is 5.73 Å². The molecule has 2 N–H and O–H groups in total. The van der Waals surface area contributed by atoms with Gasteiger partial charge in [0, 0.05) is 11.1 Å². The standard InChI is InChI=1S/C15H15ClFN/c1-10-2-5-12(9-14(10)17)15(18)8-11-3-6-13(16)7-4-11/h2-7,9,15H,8,18H2,1H3. The fourth-order valence-corrected chi connectivity index (χ4v) is 1.96. The van der Waals surface area contributed by atoms with Crippen LogP contribution in [0.25, 0.3) is 0 Å². The number of benzene rings is 2. The molecular formula is C15H15ClFN. The topological polar surface area (TPSA) is 26.0 Å². The molecule has 0 saturated carbocycles. The van der Waals surface area contributed by atoms with Crippen LogP contribution in [0.15, 0.2) is 42.5 Å². The largest absolute Gasteiger partial charge is 0.324 e. The first-order valence-electron chi connectivity index (χ1n) is 5.82. The highest BCUT2D eigenvalue weighted by Crippen LogP contribution is 2.19. The SMILES string of the molecule is Cc1ccc(C(N)Cc2ccc(Cl)cc2)cc1F. The second-order valence-corrected chi connectivity index (χ2v) is 4.88. The minimum Gasteiger partial charge on any atom is -0.324 e. The molecule has 0 aliphatic carbocycles. The van der Waals surface area contributed by atoms with Crippen LogP contribution in [0.2, 0.25) is 5.02 Å². The molecule has 0 fully saturated rings. The van der Waals surface area contributed by atoms with E-state index in [9.17, 15) is 4.39 Å². The quantitative estimate of drug-likeness (QED) is 0.889. The molecule has 0 radical (unpaired) electrons. The van der Waals surface area contributed by atoms with Crippen LogP contribution in [-0.2, 0) is 6.42 Å². The zero-order valence-electron chi connectivity index (χ0n) is 10.2. The summed E-state index contributed by atoms with van der Waals surface area (Å²) in [5.41, 5.74) is 8.62. The molecule has 2 aromatic carbocycles. The van der Waals surface area contributed by atoms with Crippen LogP contribution in [0.1, 0.15) is 22.7 Å². The van der Waals surface area contributed by atoms with E-state index in [4.69, 9.17) is 17.3 Å². The summed E-state index contributed by atoms with van der Waals surface area (Å²) in [5.74, 6) is -0.209. The van der Waals surface area contributed by atoms with Gasteiger partial charge in [0.05, 0.1) is 0 Å². The van der Waals surface area contributed by atoms with Crippen molar-refractivity contribution in [2.45, 2.75) is 19.4 Å².